The lowest BCUT2D eigenvalue weighted by Crippen LogP contribution is -2.66. The number of alkyl halides is 11. The lowest BCUT2D eigenvalue weighted by Gasteiger charge is -2.37. The number of ether oxygens (including phenoxy) is 2. The van der Waals surface area contributed by atoms with Gasteiger partial charge in [0.05, 0.1) is 6.26 Å². The molecule has 2 nitrogen and oxygen atoms in total. The van der Waals surface area contributed by atoms with E-state index in [1.165, 1.54) is 0 Å². The van der Waals surface area contributed by atoms with Gasteiger partial charge in [-0.05, 0) is 0 Å². The van der Waals surface area contributed by atoms with Crippen molar-refractivity contribution < 1.29 is 57.8 Å². The van der Waals surface area contributed by atoms with Gasteiger partial charge in [0.1, 0.15) is 0 Å². The minimum absolute atomic E-state index is 0.516. The van der Waals surface area contributed by atoms with Crippen molar-refractivity contribution in [3.63, 3.8) is 0 Å². The zero-order valence-electron chi connectivity index (χ0n) is 8.76. The van der Waals surface area contributed by atoms with E-state index in [1.54, 1.807) is 4.74 Å². The number of rotatable bonds is 5. The second-order valence-corrected chi connectivity index (χ2v) is 3.02. The van der Waals surface area contributed by atoms with E-state index in [1.807, 2.05) is 0 Å². The highest BCUT2D eigenvalue weighted by atomic mass is 19.4. The summed E-state index contributed by atoms with van der Waals surface area (Å²) in [6.45, 7) is 2.28. The Morgan fingerprint density at radius 3 is 1.40 bits per heavy atom. The van der Waals surface area contributed by atoms with Crippen molar-refractivity contribution in [1.82, 2.24) is 0 Å². The van der Waals surface area contributed by atoms with E-state index in [4.69, 9.17) is 0 Å². The summed E-state index contributed by atoms with van der Waals surface area (Å²) in [5.41, 5.74) is 0. The number of hydrogen-bond donors (Lipinski definition) is 0. The molecule has 0 heterocycles. The summed E-state index contributed by atoms with van der Waals surface area (Å²) in [5, 5.41) is 0. The fraction of sp³-hybridized carbons (Fsp3) is 0.714. The molecule has 0 aliphatic carbocycles. The van der Waals surface area contributed by atoms with Crippen molar-refractivity contribution in [1.29, 1.82) is 0 Å². The summed E-state index contributed by atoms with van der Waals surface area (Å²) in [6, 6.07) is 0. The average Bonchev–Trinajstić information content (AvgIpc) is 2.12. The van der Waals surface area contributed by atoms with Crippen LogP contribution in [0.5, 0.6) is 0 Å². The van der Waals surface area contributed by atoms with Gasteiger partial charge < -0.3 is 4.74 Å². The third-order valence-corrected chi connectivity index (χ3v) is 1.62. The molecule has 0 saturated heterocycles. The second-order valence-electron chi connectivity index (χ2n) is 3.02. The normalized spacial score (nSPS) is 17.6. The van der Waals surface area contributed by atoms with Crippen LogP contribution in [-0.4, -0.2) is 30.4 Å². The molecule has 120 valence electrons. The van der Waals surface area contributed by atoms with Gasteiger partial charge in [-0.1, -0.05) is 6.58 Å². The van der Waals surface area contributed by atoms with Crippen molar-refractivity contribution in [2.75, 3.05) is 0 Å². The Morgan fingerprint density at radius 2 is 1.15 bits per heavy atom. The van der Waals surface area contributed by atoms with Crippen molar-refractivity contribution in [2.45, 2.75) is 30.4 Å². The van der Waals surface area contributed by atoms with Gasteiger partial charge in [-0.2, -0.15) is 35.1 Å². The zero-order valence-corrected chi connectivity index (χ0v) is 8.76. The maximum atomic E-state index is 13.0. The molecule has 0 saturated carbocycles. The molecule has 0 aromatic carbocycles. The van der Waals surface area contributed by atoms with Crippen LogP contribution in [0.15, 0.2) is 12.8 Å². The smallest absolute Gasteiger partial charge is 0.436 e. The van der Waals surface area contributed by atoms with E-state index in [0.717, 1.165) is 0 Å². The van der Waals surface area contributed by atoms with E-state index in [9.17, 15) is 48.3 Å². The van der Waals surface area contributed by atoms with Crippen LogP contribution in [0.25, 0.3) is 0 Å². The van der Waals surface area contributed by atoms with Gasteiger partial charge in [0.2, 0.25) is 0 Å². The van der Waals surface area contributed by atoms with E-state index in [2.05, 4.69) is 11.3 Å². The second kappa shape index (κ2) is 4.93. The fourth-order valence-electron chi connectivity index (χ4n) is 0.825. The van der Waals surface area contributed by atoms with E-state index < -0.39 is 36.7 Å². The first-order valence-electron chi connectivity index (χ1n) is 4.09. The van der Waals surface area contributed by atoms with Crippen molar-refractivity contribution in [3.05, 3.63) is 12.8 Å². The van der Waals surface area contributed by atoms with Gasteiger partial charge in [0, 0.05) is 0 Å². The van der Waals surface area contributed by atoms with Crippen molar-refractivity contribution >= 4 is 0 Å². The third-order valence-electron chi connectivity index (χ3n) is 1.62. The van der Waals surface area contributed by atoms with Crippen molar-refractivity contribution in [2.24, 2.45) is 0 Å². The zero-order chi connectivity index (χ0) is 16.6. The van der Waals surface area contributed by atoms with Crippen molar-refractivity contribution in [3.8, 4) is 0 Å². The summed E-state index contributed by atoms with van der Waals surface area (Å²) in [5.74, 6) is -14.1. The minimum atomic E-state index is -7.15. The first-order valence-corrected chi connectivity index (χ1v) is 4.09. The quantitative estimate of drug-likeness (QED) is 0.558. The predicted molar refractivity (Wildman–Crippen MR) is 38.2 cm³/mol. The highest BCUT2D eigenvalue weighted by Gasteiger charge is 2.85. The molecule has 0 bridgehead atoms. The predicted octanol–water partition coefficient (Wildman–Crippen LogP) is 4.14. The number of halogens is 11. The monoisotopic (exact) mass is 328 g/mol. The highest BCUT2D eigenvalue weighted by Crippen LogP contribution is 2.54. The first kappa shape index (κ1) is 18.7. The Hall–Kier alpha value is -1.27. The molecule has 0 aliphatic heterocycles. The lowest BCUT2D eigenvalue weighted by atomic mass is 10.1. The molecule has 0 amide bonds. The average molecular weight is 328 g/mol. The Labute approximate surface area is 102 Å². The Kier molecular flexibility index (Phi) is 4.62. The van der Waals surface area contributed by atoms with Crippen LogP contribution >= 0.6 is 0 Å². The maximum absolute atomic E-state index is 13.0. The molecular weight excluding hydrogens is 325 g/mol. The van der Waals surface area contributed by atoms with Gasteiger partial charge >= 0.3 is 30.4 Å². The van der Waals surface area contributed by atoms with Gasteiger partial charge in [0.15, 0.2) is 0 Å². The molecule has 1 unspecified atom stereocenters. The lowest BCUT2D eigenvalue weighted by molar-refractivity contribution is -0.518. The summed E-state index contributed by atoms with van der Waals surface area (Å²) >= 11 is 0. The molecule has 0 aromatic heterocycles. The molecule has 0 radical (unpaired) electrons. The summed E-state index contributed by atoms with van der Waals surface area (Å²) in [4.78, 5) is 0. The molecular formula is C7H3F11O2. The molecule has 0 aromatic rings. The standard InChI is InChI=1S/C7H3F11O2/c1-2-19-6(14,15)3(8,9)4(10,5(11,12)13)20-7(16,17)18/h2H,1H2. The molecule has 20 heavy (non-hydrogen) atoms. The Balaban J connectivity index is 5.95. The molecule has 0 aliphatic rings. The van der Waals surface area contributed by atoms with Crippen LogP contribution in [0, 0.1) is 0 Å². The number of hydrogen-bond acceptors (Lipinski definition) is 2. The van der Waals surface area contributed by atoms with Gasteiger partial charge in [-0.3, -0.25) is 0 Å². The molecule has 0 spiro atoms. The van der Waals surface area contributed by atoms with Gasteiger partial charge in [-0.25, -0.2) is 4.74 Å². The summed E-state index contributed by atoms with van der Waals surface area (Å²) in [7, 11) is 0. The summed E-state index contributed by atoms with van der Waals surface area (Å²) in [6.07, 6.45) is -20.6. The van der Waals surface area contributed by atoms with Crippen LogP contribution in [0.3, 0.4) is 0 Å². The largest absolute Gasteiger partial charge is 0.525 e. The Bertz CT molecular complexity index is 357. The van der Waals surface area contributed by atoms with Gasteiger partial charge in [0.25, 0.3) is 0 Å². The minimum Gasteiger partial charge on any atom is -0.436 e. The molecule has 0 N–H and O–H groups in total. The topological polar surface area (TPSA) is 18.5 Å². The highest BCUT2D eigenvalue weighted by molar-refractivity contribution is 4.98. The van der Waals surface area contributed by atoms with Crippen LogP contribution in [0.1, 0.15) is 0 Å². The Morgan fingerprint density at radius 1 is 0.750 bits per heavy atom. The summed E-state index contributed by atoms with van der Waals surface area (Å²) < 4.78 is 139. The van der Waals surface area contributed by atoms with Crippen LogP contribution in [0.4, 0.5) is 48.3 Å². The maximum Gasteiger partial charge on any atom is 0.525 e. The SMILES string of the molecule is C=COC(F)(F)C(F)(F)C(F)(OC(F)(F)F)C(F)(F)F. The molecule has 0 rings (SSSR count). The van der Waals surface area contributed by atoms with Crippen LogP contribution in [-0.2, 0) is 9.47 Å². The van der Waals surface area contributed by atoms with E-state index in [0.29, 0.717) is 0 Å². The first-order chi connectivity index (χ1) is 8.52. The van der Waals surface area contributed by atoms with Crippen LogP contribution in [0.2, 0.25) is 0 Å². The molecule has 0 fully saturated rings. The fourth-order valence-corrected chi connectivity index (χ4v) is 0.825. The molecule has 13 heteroatoms. The van der Waals surface area contributed by atoms with E-state index >= 15 is 0 Å². The third kappa shape index (κ3) is 3.24. The molecule has 1 atom stereocenters. The van der Waals surface area contributed by atoms with E-state index in [-0.39, 0.29) is 0 Å². The van der Waals surface area contributed by atoms with Crippen LogP contribution < -0.4 is 0 Å². The van der Waals surface area contributed by atoms with Gasteiger partial charge in [-0.15, -0.1) is 13.2 Å².